The zero-order valence-corrected chi connectivity index (χ0v) is 12.1. The molecule has 1 aromatic carbocycles. The number of hydrogen-bond donors (Lipinski definition) is 1. The van der Waals surface area contributed by atoms with Crippen molar-refractivity contribution in [1.82, 2.24) is 4.90 Å². The highest BCUT2D eigenvalue weighted by Gasteiger charge is 2.53. The summed E-state index contributed by atoms with van der Waals surface area (Å²) in [7, 11) is 0. The van der Waals surface area contributed by atoms with Gasteiger partial charge >= 0.3 is 5.97 Å². The lowest BCUT2D eigenvalue weighted by Crippen LogP contribution is -2.49. The second-order valence-corrected chi connectivity index (χ2v) is 5.93. The molecule has 1 heterocycles. The van der Waals surface area contributed by atoms with Crippen molar-refractivity contribution in [1.29, 1.82) is 0 Å². The van der Waals surface area contributed by atoms with Crippen LogP contribution in [0.4, 0.5) is 4.39 Å². The fourth-order valence-electron chi connectivity index (χ4n) is 3.04. The molecule has 1 saturated carbocycles. The van der Waals surface area contributed by atoms with Gasteiger partial charge in [-0.3, -0.25) is 9.59 Å². The number of nitrogens with zero attached hydrogens (tertiary/aromatic N) is 1. The predicted molar refractivity (Wildman–Crippen MR) is 75.9 cm³/mol. The first-order valence-corrected chi connectivity index (χ1v) is 7.40. The molecule has 1 atom stereocenters. The van der Waals surface area contributed by atoms with E-state index in [1.807, 2.05) is 0 Å². The van der Waals surface area contributed by atoms with E-state index >= 15 is 0 Å². The van der Waals surface area contributed by atoms with Gasteiger partial charge in [-0.05, 0) is 30.5 Å². The van der Waals surface area contributed by atoms with E-state index in [0.29, 0.717) is 19.7 Å². The lowest BCUT2D eigenvalue weighted by atomic mass is 9.94. The van der Waals surface area contributed by atoms with Crippen LogP contribution in [0.15, 0.2) is 24.3 Å². The zero-order chi connectivity index (χ0) is 15.7. The van der Waals surface area contributed by atoms with E-state index in [0.717, 1.165) is 18.4 Å². The third-order valence-electron chi connectivity index (χ3n) is 4.38. The van der Waals surface area contributed by atoms with Gasteiger partial charge < -0.3 is 14.7 Å². The Morgan fingerprint density at radius 2 is 2.00 bits per heavy atom. The fourth-order valence-corrected chi connectivity index (χ4v) is 3.04. The Hall–Kier alpha value is -1.95. The Balaban J connectivity index is 1.73. The number of carbonyl (C=O) groups excluding carboxylic acids is 1. The van der Waals surface area contributed by atoms with Crippen molar-refractivity contribution in [3.63, 3.8) is 0 Å². The average Bonchev–Trinajstić information content (AvgIpc) is 3.28. The van der Waals surface area contributed by atoms with Crippen molar-refractivity contribution in [2.24, 2.45) is 0 Å². The monoisotopic (exact) mass is 307 g/mol. The SMILES string of the molecule is O=C(O)C[C@@H]1CN(C(=O)C2(c3ccc(F)cc3)CC2)CCO1. The van der Waals surface area contributed by atoms with Gasteiger partial charge in [0.05, 0.1) is 24.5 Å². The maximum Gasteiger partial charge on any atom is 0.306 e. The van der Waals surface area contributed by atoms with Crippen LogP contribution >= 0.6 is 0 Å². The first-order chi connectivity index (χ1) is 10.5. The number of amides is 1. The minimum Gasteiger partial charge on any atom is -0.481 e. The number of halogens is 1. The van der Waals surface area contributed by atoms with Crippen LogP contribution in [0.1, 0.15) is 24.8 Å². The van der Waals surface area contributed by atoms with Crippen LogP contribution in [-0.4, -0.2) is 47.7 Å². The van der Waals surface area contributed by atoms with Crippen molar-refractivity contribution in [2.75, 3.05) is 19.7 Å². The summed E-state index contributed by atoms with van der Waals surface area (Å²) in [5.41, 5.74) is 0.277. The van der Waals surface area contributed by atoms with E-state index in [4.69, 9.17) is 9.84 Å². The van der Waals surface area contributed by atoms with E-state index in [1.165, 1.54) is 12.1 Å². The molecule has 1 aliphatic heterocycles. The number of carbonyl (C=O) groups is 2. The highest BCUT2D eigenvalue weighted by atomic mass is 19.1. The van der Waals surface area contributed by atoms with E-state index < -0.39 is 17.5 Å². The molecule has 0 spiro atoms. The number of hydrogen-bond acceptors (Lipinski definition) is 3. The average molecular weight is 307 g/mol. The third kappa shape index (κ3) is 2.83. The van der Waals surface area contributed by atoms with Crippen LogP contribution in [0.25, 0.3) is 0 Å². The molecule has 2 fully saturated rings. The number of morpholine rings is 1. The number of carboxylic acids is 1. The Labute approximate surface area is 127 Å². The highest BCUT2D eigenvalue weighted by Crippen LogP contribution is 2.49. The van der Waals surface area contributed by atoms with Crippen molar-refractivity contribution < 1.29 is 23.8 Å². The first-order valence-electron chi connectivity index (χ1n) is 7.40. The molecule has 1 N–H and O–H groups in total. The molecule has 1 amide bonds. The summed E-state index contributed by atoms with van der Waals surface area (Å²) in [5, 5.41) is 8.85. The summed E-state index contributed by atoms with van der Waals surface area (Å²) in [4.78, 5) is 25.3. The fraction of sp³-hybridized carbons (Fsp3) is 0.500. The number of rotatable bonds is 4. The normalized spacial score (nSPS) is 23.1. The van der Waals surface area contributed by atoms with Crippen LogP contribution < -0.4 is 0 Å². The van der Waals surface area contributed by atoms with Gasteiger partial charge in [0.1, 0.15) is 5.82 Å². The summed E-state index contributed by atoms with van der Waals surface area (Å²) >= 11 is 0. The van der Waals surface area contributed by atoms with E-state index in [1.54, 1.807) is 17.0 Å². The number of carboxylic acid groups (broad SMARTS) is 1. The molecular weight excluding hydrogens is 289 g/mol. The van der Waals surface area contributed by atoms with Gasteiger partial charge in [-0.2, -0.15) is 0 Å². The highest BCUT2D eigenvalue weighted by molar-refractivity contribution is 5.91. The molecule has 118 valence electrons. The Kier molecular flexibility index (Phi) is 3.87. The Morgan fingerprint density at radius 1 is 1.32 bits per heavy atom. The van der Waals surface area contributed by atoms with Crippen molar-refractivity contribution in [3.8, 4) is 0 Å². The smallest absolute Gasteiger partial charge is 0.306 e. The van der Waals surface area contributed by atoms with Gasteiger partial charge in [-0.1, -0.05) is 12.1 Å². The van der Waals surface area contributed by atoms with Crippen LogP contribution in [0.2, 0.25) is 0 Å². The zero-order valence-electron chi connectivity index (χ0n) is 12.1. The molecule has 1 saturated heterocycles. The maximum atomic E-state index is 13.1. The van der Waals surface area contributed by atoms with Crippen LogP contribution in [0.5, 0.6) is 0 Å². The van der Waals surface area contributed by atoms with Crippen molar-refractivity contribution >= 4 is 11.9 Å². The lowest BCUT2D eigenvalue weighted by molar-refractivity contribution is -0.149. The molecule has 5 nitrogen and oxygen atoms in total. The molecule has 22 heavy (non-hydrogen) atoms. The van der Waals surface area contributed by atoms with Gasteiger partial charge in [0.15, 0.2) is 0 Å². The Bertz CT molecular complexity index is 582. The summed E-state index contributed by atoms with van der Waals surface area (Å²) in [6.45, 7) is 1.12. The largest absolute Gasteiger partial charge is 0.481 e. The van der Waals surface area contributed by atoms with E-state index in [9.17, 15) is 14.0 Å². The van der Waals surface area contributed by atoms with Crippen LogP contribution in [0, 0.1) is 5.82 Å². The van der Waals surface area contributed by atoms with Crippen molar-refractivity contribution in [3.05, 3.63) is 35.6 Å². The first kappa shape index (κ1) is 15.0. The van der Waals surface area contributed by atoms with Gasteiger partial charge in [-0.15, -0.1) is 0 Å². The quantitative estimate of drug-likeness (QED) is 0.916. The standard InChI is InChI=1S/C16H18FNO4/c17-12-3-1-11(2-4-12)16(5-6-16)15(21)18-7-8-22-13(10-18)9-14(19)20/h1-4,13H,5-10H2,(H,19,20)/t13-/m1/s1. The molecule has 0 bridgehead atoms. The molecule has 0 unspecified atom stereocenters. The minimum absolute atomic E-state index is 0.00204. The van der Waals surface area contributed by atoms with Gasteiger partial charge in [-0.25, -0.2) is 4.39 Å². The number of ether oxygens (including phenoxy) is 1. The molecule has 2 aliphatic rings. The summed E-state index contributed by atoms with van der Waals surface area (Å²) in [5.74, 6) is -1.25. The minimum atomic E-state index is -0.932. The van der Waals surface area contributed by atoms with E-state index in [2.05, 4.69) is 0 Å². The Morgan fingerprint density at radius 3 is 2.59 bits per heavy atom. The lowest BCUT2D eigenvalue weighted by Gasteiger charge is -2.35. The molecule has 1 aromatic rings. The van der Waals surface area contributed by atoms with Gasteiger partial charge in [0, 0.05) is 13.1 Å². The van der Waals surface area contributed by atoms with Crippen LogP contribution in [-0.2, 0) is 19.7 Å². The summed E-state index contributed by atoms with van der Waals surface area (Å²) < 4.78 is 18.5. The second kappa shape index (κ2) is 5.68. The maximum absolute atomic E-state index is 13.1. The van der Waals surface area contributed by atoms with Crippen LogP contribution in [0.3, 0.4) is 0 Å². The van der Waals surface area contributed by atoms with Gasteiger partial charge in [0.25, 0.3) is 0 Å². The van der Waals surface area contributed by atoms with E-state index in [-0.39, 0.29) is 18.1 Å². The molecule has 1 aliphatic carbocycles. The molecule has 3 rings (SSSR count). The molecular formula is C16H18FNO4. The van der Waals surface area contributed by atoms with Gasteiger partial charge in [0.2, 0.25) is 5.91 Å². The van der Waals surface area contributed by atoms with Crippen molar-refractivity contribution in [2.45, 2.75) is 30.8 Å². The third-order valence-corrected chi connectivity index (χ3v) is 4.38. The number of benzene rings is 1. The number of aliphatic carboxylic acids is 1. The molecule has 0 aromatic heterocycles. The topological polar surface area (TPSA) is 66.8 Å². The molecule has 6 heteroatoms. The molecule has 0 radical (unpaired) electrons. The predicted octanol–water partition coefficient (Wildman–Crippen LogP) is 1.56. The second-order valence-electron chi connectivity index (χ2n) is 5.93. The summed E-state index contributed by atoms with van der Waals surface area (Å²) in [6.07, 6.45) is 0.934. The summed E-state index contributed by atoms with van der Waals surface area (Å²) in [6, 6.07) is 6.06.